The molecule has 0 saturated heterocycles. The van der Waals surface area contributed by atoms with Crippen LogP contribution in [-0.2, 0) is 11.3 Å². The zero-order valence-electron chi connectivity index (χ0n) is 12.2. The van der Waals surface area contributed by atoms with E-state index in [-0.39, 0.29) is 5.91 Å². The lowest BCUT2D eigenvalue weighted by molar-refractivity contribution is -0.117. The van der Waals surface area contributed by atoms with E-state index in [1.165, 1.54) is 0 Å². The predicted molar refractivity (Wildman–Crippen MR) is 87.4 cm³/mol. The number of amides is 1. The van der Waals surface area contributed by atoms with E-state index in [9.17, 15) is 4.79 Å². The second-order valence-corrected chi connectivity index (χ2v) is 5.63. The van der Waals surface area contributed by atoms with Crippen LogP contribution < -0.4 is 5.32 Å². The highest BCUT2D eigenvalue weighted by Crippen LogP contribution is 2.24. The minimum Gasteiger partial charge on any atom is -0.324 e. The average molecular weight is 301 g/mol. The van der Waals surface area contributed by atoms with Crippen molar-refractivity contribution in [3.05, 3.63) is 54.4 Å². The lowest BCUT2D eigenvalue weighted by Crippen LogP contribution is -2.30. The number of likely N-dealkylation sites (N-methyl/N-ethyl adjacent to an activating group) is 1. The highest BCUT2D eigenvalue weighted by molar-refractivity contribution is 7.98. The van der Waals surface area contributed by atoms with Crippen LogP contribution in [0.4, 0.5) is 5.69 Å². The van der Waals surface area contributed by atoms with E-state index >= 15 is 0 Å². The Hall–Kier alpha value is -1.85. The van der Waals surface area contributed by atoms with Gasteiger partial charge in [-0.25, -0.2) is 0 Å². The summed E-state index contributed by atoms with van der Waals surface area (Å²) in [5, 5.41) is 2.96. The molecule has 110 valence electrons. The van der Waals surface area contributed by atoms with Crippen molar-refractivity contribution in [1.82, 2.24) is 9.88 Å². The van der Waals surface area contributed by atoms with Crippen molar-refractivity contribution in [3.63, 3.8) is 0 Å². The van der Waals surface area contributed by atoms with Crippen LogP contribution in [0.1, 0.15) is 5.56 Å². The van der Waals surface area contributed by atoms with Gasteiger partial charge >= 0.3 is 0 Å². The van der Waals surface area contributed by atoms with Crippen LogP contribution in [0.25, 0.3) is 0 Å². The Morgan fingerprint density at radius 2 is 2.10 bits per heavy atom. The lowest BCUT2D eigenvalue weighted by Gasteiger charge is -2.16. The molecular weight excluding hydrogens is 282 g/mol. The van der Waals surface area contributed by atoms with Gasteiger partial charge in [0.15, 0.2) is 0 Å². The van der Waals surface area contributed by atoms with Crippen molar-refractivity contribution >= 4 is 23.4 Å². The van der Waals surface area contributed by atoms with Crippen LogP contribution in [0.15, 0.2) is 53.7 Å². The first-order valence-electron chi connectivity index (χ1n) is 6.69. The fourth-order valence-electron chi connectivity index (χ4n) is 2.04. The van der Waals surface area contributed by atoms with Crippen LogP contribution >= 0.6 is 11.8 Å². The zero-order chi connectivity index (χ0) is 15.1. The van der Waals surface area contributed by atoms with Crippen LogP contribution in [0.3, 0.4) is 0 Å². The van der Waals surface area contributed by atoms with E-state index < -0.39 is 0 Å². The van der Waals surface area contributed by atoms with Crippen molar-refractivity contribution in [2.45, 2.75) is 11.4 Å². The number of anilines is 1. The summed E-state index contributed by atoms with van der Waals surface area (Å²) in [7, 11) is 1.92. The number of thioether (sulfide) groups is 1. The molecule has 5 heteroatoms. The lowest BCUT2D eigenvalue weighted by atomic mass is 10.2. The van der Waals surface area contributed by atoms with Crippen LogP contribution in [0.5, 0.6) is 0 Å². The van der Waals surface area contributed by atoms with Gasteiger partial charge < -0.3 is 5.32 Å². The third kappa shape index (κ3) is 4.88. The summed E-state index contributed by atoms with van der Waals surface area (Å²) in [5.41, 5.74) is 1.96. The number of aromatic nitrogens is 1. The van der Waals surface area contributed by atoms with Crippen LogP contribution in [-0.4, -0.2) is 35.6 Å². The Bertz CT molecular complexity index is 589. The van der Waals surface area contributed by atoms with Gasteiger partial charge in [0.25, 0.3) is 0 Å². The molecule has 1 N–H and O–H groups in total. The van der Waals surface area contributed by atoms with Gasteiger partial charge in [-0.05, 0) is 37.1 Å². The van der Waals surface area contributed by atoms with E-state index in [4.69, 9.17) is 0 Å². The number of hydrogen-bond acceptors (Lipinski definition) is 4. The van der Waals surface area contributed by atoms with Gasteiger partial charge in [0, 0.05) is 23.8 Å². The molecule has 1 aromatic carbocycles. The summed E-state index contributed by atoms with van der Waals surface area (Å²) in [5.74, 6) is -0.0112. The molecule has 1 aromatic heterocycles. The van der Waals surface area contributed by atoms with Gasteiger partial charge in [0.1, 0.15) is 0 Å². The van der Waals surface area contributed by atoms with E-state index in [2.05, 4.69) is 10.3 Å². The molecule has 0 saturated carbocycles. The third-order valence-electron chi connectivity index (χ3n) is 2.97. The van der Waals surface area contributed by atoms with Gasteiger partial charge in [-0.3, -0.25) is 14.7 Å². The summed E-state index contributed by atoms with van der Waals surface area (Å²) in [6.45, 7) is 1.04. The molecule has 0 fully saturated rings. The molecule has 21 heavy (non-hydrogen) atoms. The maximum atomic E-state index is 12.1. The minimum atomic E-state index is -0.0112. The van der Waals surface area contributed by atoms with Gasteiger partial charge in [-0.15, -0.1) is 11.8 Å². The fourth-order valence-corrected chi connectivity index (χ4v) is 2.60. The summed E-state index contributed by atoms with van der Waals surface area (Å²) in [4.78, 5) is 19.2. The van der Waals surface area contributed by atoms with E-state index in [1.807, 2.05) is 60.8 Å². The van der Waals surface area contributed by atoms with Crippen molar-refractivity contribution in [1.29, 1.82) is 0 Å². The molecule has 0 radical (unpaired) electrons. The summed E-state index contributed by atoms with van der Waals surface area (Å²) in [6.07, 6.45) is 5.56. The van der Waals surface area contributed by atoms with Gasteiger partial charge in [-0.2, -0.15) is 0 Å². The van der Waals surface area contributed by atoms with Crippen molar-refractivity contribution < 1.29 is 4.79 Å². The molecule has 0 unspecified atom stereocenters. The summed E-state index contributed by atoms with van der Waals surface area (Å²) < 4.78 is 0. The molecule has 4 nitrogen and oxygen atoms in total. The maximum absolute atomic E-state index is 12.1. The van der Waals surface area contributed by atoms with Gasteiger partial charge in [-0.1, -0.05) is 18.2 Å². The van der Waals surface area contributed by atoms with E-state index in [0.29, 0.717) is 13.1 Å². The van der Waals surface area contributed by atoms with Crippen molar-refractivity contribution in [2.24, 2.45) is 0 Å². The third-order valence-corrected chi connectivity index (χ3v) is 3.77. The largest absolute Gasteiger partial charge is 0.324 e. The Morgan fingerprint density at radius 1 is 1.29 bits per heavy atom. The molecule has 0 aliphatic rings. The van der Waals surface area contributed by atoms with E-state index in [1.54, 1.807) is 18.0 Å². The number of benzene rings is 1. The number of para-hydroxylation sites is 1. The van der Waals surface area contributed by atoms with Crippen LogP contribution in [0, 0.1) is 0 Å². The quantitative estimate of drug-likeness (QED) is 0.833. The molecular formula is C16H19N3OS. The maximum Gasteiger partial charge on any atom is 0.238 e. The second kappa shape index (κ2) is 7.81. The zero-order valence-corrected chi connectivity index (χ0v) is 13.1. The first kappa shape index (κ1) is 15.5. The highest BCUT2D eigenvalue weighted by atomic mass is 32.2. The molecule has 2 aromatic rings. The SMILES string of the molecule is CSc1ccccc1NC(=O)CN(C)Cc1cccnc1. The molecule has 0 bridgehead atoms. The highest BCUT2D eigenvalue weighted by Gasteiger charge is 2.09. The standard InChI is InChI=1S/C16H19N3OS/c1-19(11-13-6-5-9-17-10-13)12-16(20)18-14-7-3-4-8-15(14)21-2/h3-10H,11-12H2,1-2H3,(H,18,20). The van der Waals surface area contributed by atoms with Crippen molar-refractivity contribution in [2.75, 3.05) is 25.2 Å². The molecule has 0 aliphatic carbocycles. The average Bonchev–Trinajstić information content (AvgIpc) is 2.48. The Morgan fingerprint density at radius 3 is 2.81 bits per heavy atom. The topological polar surface area (TPSA) is 45.2 Å². The van der Waals surface area contributed by atoms with Crippen molar-refractivity contribution in [3.8, 4) is 0 Å². The minimum absolute atomic E-state index is 0.0112. The number of hydrogen-bond donors (Lipinski definition) is 1. The van der Waals surface area contributed by atoms with E-state index in [0.717, 1.165) is 16.1 Å². The van der Waals surface area contributed by atoms with Gasteiger partial charge in [0.2, 0.25) is 5.91 Å². The normalized spacial score (nSPS) is 10.6. The first-order valence-corrected chi connectivity index (χ1v) is 7.92. The molecule has 0 atom stereocenters. The number of rotatable bonds is 6. The number of pyridine rings is 1. The second-order valence-electron chi connectivity index (χ2n) is 4.78. The van der Waals surface area contributed by atoms with Gasteiger partial charge in [0.05, 0.1) is 12.2 Å². The number of nitrogens with zero attached hydrogens (tertiary/aromatic N) is 2. The molecule has 0 aliphatic heterocycles. The fraction of sp³-hybridized carbons (Fsp3) is 0.250. The Labute approximate surface area is 129 Å². The summed E-state index contributed by atoms with van der Waals surface area (Å²) >= 11 is 1.62. The molecule has 1 heterocycles. The smallest absolute Gasteiger partial charge is 0.238 e. The Balaban J connectivity index is 1.89. The summed E-state index contributed by atoms with van der Waals surface area (Å²) in [6, 6.07) is 11.7. The molecule has 2 rings (SSSR count). The number of nitrogens with one attached hydrogen (secondary N) is 1. The monoisotopic (exact) mass is 301 g/mol. The van der Waals surface area contributed by atoms with Crippen LogP contribution in [0.2, 0.25) is 0 Å². The first-order chi connectivity index (χ1) is 10.2. The molecule has 0 spiro atoms. The molecule has 1 amide bonds. The Kier molecular flexibility index (Phi) is 5.78. The predicted octanol–water partition coefficient (Wildman–Crippen LogP) is 2.87. The number of carbonyl (C=O) groups excluding carboxylic acids is 1. The number of carbonyl (C=O) groups is 1.